The van der Waals surface area contributed by atoms with Crippen LogP contribution in [0.3, 0.4) is 0 Å². The number of nitrogens with zero attached hydrogens (tertiary/aromatic N) is 2. The van der Waals surface area contributed by atoms with Crippen LogP contribution in [0.4, 0.5) is 0 Å². The molecule has 1 fully saturated rings. The van der Waals surface area contributed by atoms with E-state index in [0.717, 1.165) is 55.0 Å². The van der Waals surface area contributed by atoms with Crippen molar-refractivity contribution in [3.8, 4) is 11.8 Å². The lowest BCUT2D eigenvalue weighted by atomic mass is 9.90. The van der Waals surface area contributed by atoms with Crippen LogP contribution in [0.15, 0.2) is 35.2 Å². The van der Waals surface area contributed by atoms with E-state index in [9.17, 15) is 5.11 Å². The lowest BCUT2D eigenvalue weighted by Gasteiger charge is -2.40. The van der Waals surface area contributed by atoms with Crippen molar-refractivity contribution in [2.75, 3.05) is 19.6 Å². The molecule has 138 valence electrons. The maximum absolute atomic E-state index is 10.3. The van der Waals surface area contributed by atoms with Gasteiger partial charge in [0.2, 0.25) is 0 Å². The molecule has 1 aromatic carbocycles. The lowest BCUT2D eigenvalue weighted by molar-refractivity contribution is 0.195. The van der Waals surface area contributed by atoms with E-state index in [0.29, 0.717) is 11.6 Å². The minimum Gasteiger partial charge on any atom is -0.507 e. The Kier molecular flexibility index (Phi) is 5.53. The average Bonchev–Trinajstić information content (AvgIpc) is 2.67. The van der Waals surface area contributed by atoms with Gasteiger partial charge in [0, 0.05) is 24.7 Å². The van der Waals surface area contributed by atoms with Crippen LogP contribution in [0.25, 0.3) is 5.57 Å². The Hall–Kier alpha value is -2.45. The molecule has 5 heteroatoms. The number of rotatable bonds is 3. The molecule has 2 aliphatic heterocycles. The van der Waals surface area contributed by atoms with Gasteiger partial charge in [0.05, 0.1) is 11.6 Å². The molecular weight excluding hydrogens is 324 g/mol. The van der Waals surface area contributed by atoms with Crippen molar-refractivity contribution >= 4 is 5.57 Å². The summed E-state index contributed by atoms with van der Waals surface area (Å²) in [4.78, 5) is 2.36. The molecule has 0 unspecified atom stereocenters. The van der Waals surface area contributed by atoms with Crippen LogP contribution in [-0.4, -0.2) is 35.7 Å². The van der Waals surface area contributed by atoms with Crippen LogP contribution in [-0.2, 0) is 0 Å². The highest BCUT2D eigenvalue weighted by Gasteiger charge is 2.27. The number of hydrogen-bond donors (Lipinski definition) is 3. The summed E-state index contributed by atoms with van der Waals surface area (Å²) in [5.41, 5.74) is 11.1. The summed E-state index contributed by atoms with van der Waals surface area (Å²) < 4.78 is 0. The zero-order valence-electron chi connectivity index (χ0n) is 15.7. The molecule has 4 N–H and O–H groups in total. The fourth-order valence-corrected chi connectivity index (χ4v) is 4.05. The van der Waals surface area contributed by atoms with Crippen molar-refractivity contribution in [1.29, 1.82) is 5.26 Å². The van der Waals surface area contributed by atoms with Gasteiger partial charge in [-0.3, -0.25) is 0 Å². The summed E-state index contributed by atoms with van der Waals surface area (Å²) in [6, 6.07) is 7.60. The minimum absolute atomic E-state index is 0.143. The molecule has 0 saturated carbocycles. The summed E-state index contributed by atoms with van der Waals surface area (Å²) in [6.45, 7) is 7.19. The second-order valence-corrected chi connectivity index (χ2v) is 7.25. The largest absolute Gasteiger partial charge is 0.507 e. The number of nitriles is 1. The summed E-state index contributed by atoms with van der Waals surface area (Å²) in [5, 5.41) is 22.8. The van der Waals surface area contributed by atoms with Gasteiger partial charge < -0.3 is 21.1 Å². The number of nitrogens with two attached hydrogens (primary N) is 1. The number of hydrogen-bond acceptors (Lipinski definition) is 5. The maximum atomic E-state index is 10.3. The predicted octanol–water partition coefficient (Wildman–Crippen LogP) is 3.08. The number of benzene rings is 1. The highest BCUT2D eigenvalue weighted by molar-refractivity contribution is 5.75. The number of phenolic OH excluding ortho intramolecular Hbond substituents is 1. The van der Waals surface area contributed by atoms with Crippen LogP contribution in [0.2, 0.25) is 0 Å². The minimum atomic E-state index is 0.143. The fraction of sp³-hybridized carbons (Fsp3) is 0.476. The van der Waals surface area contributed by atoms with Gasteiger partial charge in [-0.1, -0.05) is 0 Å². The van der Waals surface area contributed by atoms with E-state index in [1.54, 1.807) is 6.07 Å². The van der Waals surface area contributed by atoms with E-state index < -0.39 is 0 Å². The molecular formula is C21H28N4O. The first-order chi connectivity index (χ1) is 12.5. The zero-order valence-corrected chi connectivity index (χ0v) is 15.7. The monoisotopic (exact) mass is 352 g/mol. The molecule has 0 amide bonds. The Bertz CT molecular complexity index is 782. The smallest absolute Gasteiger partial charge is 0.124 e. The summed E-state index contributed by atoms with van der Waals surface area (Å²) in [6.07, 6.45) is 4.43. The van der Waals surface area contributed by atoms with Crippen LogP contribution in [0, 0.1) is 11.3 Å². The van der Waals surface area contributed by atoms with Gasteiger partial charge in [-0.2, -0.15) is 5.26 Å². The molecule has 0 spiro atoms. The molecule has 1 atom stereocenters. The third-order valence-corrected chi connectivity index (χ3v) is 5.70. The zero-order chi connectivity index (χ0) is 18.7. The van der Waals surface area contributed by atoms with Gasteiger partial charge >= 0.3 is 0 Å². The van der Waals surface area contributed by atoms with E-state index in [4.69, 9.17) is 11.0 Å². The molecule has 1 aromatic rings. The highest BCUT2D eigenvalue weighted by Crippen LogP contribution is 2.35. The molecule has 26 heavy (non-hydrogen) atoms. The topological polar surface area (TPSA) is 85.3 Å². The highest BCUT2D eigenvalue weighted by atomic mass is 16.3. The van der Waals surface area contributed by atoms with Crippen molar-refractivity contribution < 1.29 is 5.11 Å². The third kappa shape index (κ3) is 3.56. The Morgan fingerprint density at radius 2 is 2.12 bits per heavy atom. The maximum Gasteiger partial charge on any atom is 0.124 e. The first-order valence-electron chi connectivity index (χ1n) is 9.40. The molecule has 0 bridgehead atoms. The van der Waals surface area contributed by atoms with Gasteiger partial charge in [-0.15, -0.1) is 0 Å². The molecule has 0 aromatic heterocycles. The standard InChI is InChI=1S/C21H28N4O/c1-14(18-8-7-16(12-22)11-20(18)26)15(2)19-6-4-10-25(21(19)23)17-5-3-9-24-13-17/h7-8,11,17,24,26H,3-6,9-10,13,23H2,1-2H3/b15-14+/t17-/m0/s1. The third-order valence-electron chi connectivity index (χ3n) is 5.70. The van der Waals surface area contributed by atoms with Crippen molar-refractivity contribution in [3.05, 3.63) is 46.3 Å². The molecule has 0 radical (unpaired) electrons. The number of phenols is 1. The van der Waals surface area contributed by atoms with Gasteiger partial charge in [0.25, 0.3) is 0 Å². The van der Waals surface area contributed by atoms with Crippen molar-refractivity contribution in [3.63, 3.8) is 0 Å². The molecule has 0 aliphatic carbocycles. The van der Waals surface area contributed by atoms with E-state index in [2.05, 4.69) is 23.2 Å². The van der Waals surface area contributed by atoms with Gasteiger partial charge in [0.15, 0.2) is 0 Å². The quantitative estimate of drug-likeness (QED) is 0.778. The summed E-state index contributed by atoms with van der Waals surface area (Å²) in [5.74, 6) is 1.03. The Labute approximate surface area is 155 Å². The Morgan fingerprint density at radius 3 is 2.77 bits per heavy atom. The van der Waals surface area contributed by atoms with Crippen molar-refractivity contribution in [1.82, 2.24) is 10.2 Å². The normalized spacial score (nSPS) is 22.0. The molecule has 1 saturated heterocycles. The molecule has 5 nitrogen and oxygen atoms in total. The SMILES string of the molecule is C/C(C1=C(N)N([C@H]2CCCNC2)CCC1)=C(/C)c1ccc(C#N)cc1O. The fourth-order valence-electron chi connectivity index (χ4n) is 4.05. The molecule has 2 aliphatic rings. The van der Waals surface area contributed by atoms with Crippen molar-refractivity contribution in [2.24, 2.45) is 5.73 Å². The Balaban J connectivity index is 1.94. The van der Waals surface area contributed by atoms with Crippen LogP contribution >= 0.6 is 0 Å². The number of piperidine rings is 1. The van der Waals surface area contributed by atoms with Gasteiger partial charge in [-0.05, 0) is 81.0 Å². The van der Waals surface area contributed by atoms with Crippen LogP contribution in [0.5, 0.6) is 5.75 Å². The first-order valence-corrected chi connectivity index (χ1v) is 9.40. The first kappa shape index (κ1) is 18.3. The van der Waals surface area contributed by atoms with E-state index in [1.807, 2.05) is 13.0 Å². The van der Waals surface area contributed by atoms with Gasteiger partial charge in [-0.25, -0.2) is 0 Å². The van der Waals surface area contributed by atoms with Crippen LogP contribution in [0.1, 0.15) is 50.7 Å². The Morgan fingerprint density at radius 1 is 1.31 bits per heavy atom. The second-order valence-electron chi connectivity index (χ2n) is 7.25. The predicted molar refractivity (Wildman–Crippen MR) is 104 cm³/mol. The summed E-state index contributed by atoms with van der Waals surface area (Å²) in [7, 11) is 0. The van der Waals surface area contributed by atoms with Crippen LogP contribution < -0.4 is 11.1 Å². The van der Waals surface area contributed by atoms with Gasteiger partial charge in [0.1, 0.15) is 11.6 Å². The van der Waals surface area contributed by atoms with Crippen molar-refractivity contribution in [2.45, 2.75) is 45.6 Å². The lowest BCUT2D eigenvalue weighted by Crippen LogP contribution is -2.49. The number of allylic oxidation sites excluding steroid dienone is 3. The van der Waals surface area contributed by atoms with E-state index >= 15 is 0 Å². The van der Waals surface area contributed by atoms with E-state index in [-0.39, 0.29) is 5.75 Å². The second kappa shape index (κ2) is 7.84. The molecule has 2 heterocycles. The molecule has 3 rings (SSSR count). The number of aromatic hydroxyl groups is 1. The van der Waals surface area contributed by atoms with E-state index in [1.165, 1.54) is 24.5 Å². The summed E-state index contributed by atoms with van der Waals surface area (Å²) >= 11 is 0. The average molecular weight is 352 g/mol. The number of nitrogens with one attached hydrogen (secondary N) is 1.